The molecule has 1 aromatic rings. The van der Waals surface area contributed by atoms with Gasteiger partial charge in [-0.2, -0.15) is 0 Å². The predicted octanol–water partition coefficient (Wildman–Crippen LogP) is 1.15. The molecule has 1 saturated heterocycles. The number of benzene rings is 1. The number of carbonyl (C=O) groups is 1. The second-order valence-electron chi connectivity index (χ2n) is 5.67. The summed E-state index contributed by atoms with van der Waals surface area (Å²) >= 11 is 0. The molecule has 0 radical (unpaired) electrons. The summed E-state index contributed by atoms with van der Waals surface area (Å²) in [7, 11) is 0. The van der Waals surface area contributed by atoms with Crippen molar-refractivity contribution < 1.29 is 9.90 Å². The molecule has 2 rings (SSSR count). The summed E-state index contributed by atoms with van der Waals surface area (Å²) in [6.45, 7) is 5.43. The summed E-state index contributed by atoms with van der Waals surface area (Å²) in [6, 6.07) is 9.59. The molecule has 4 heteroatoms. The largest absolute Gasteiger partial charge is 0.394 e. The highest BCUT2D eigenvalue weighted by molar-refractivity contribution is 5.82. The van der Waals surface area contributed by atoms with Crippen molar-refractivity contribution in [2.24, 2.45) is 0 Å². The van der Waals surface area contributed by atoms with Gasteiger partial charge >= 0.3 is 0 Å². The molecule has 4 nitrogen and oxygen atoms in total. The highest BCUT2D eigenvalue weighted by Gasteiger charge is 2.38. The molecule has 2 N–H and O–H groups in total. The first-order valence-corrected chi connectivity index (χ1v) is 6.74. The van der Waals surface area contributed by atoms with Gasteiger partial charge < -0.3 is 10.4 Å². The molecule has 0 spiro atoms. The van der Waals surface area contributed by atoms with Crippen molar-refractivity contribution >= 4 is 5.91 Å². The van der Waals surface area contributed by atoms with Crippen LogP contribution in [-0.4, -0.2) is 40.6 Å². The Hall–Kier alpha value is -1.39. The van der Waals surface area contributed by atoms with E-state index in [-0.39, 0.29) is 18.1 Å². The first-order chi connectivity index (χ1) is 9.04. The Morgan fingerprint density at radius 1 is 1.37 bits per heavy atom. The molecule has 104 valence electrons. The van der Waals surface area contributed by atoms with Crippen LogP contribution in [0.4, 0.5) is 0 Å². The Bertz CT molecular complexity index is 431. The zero-order valence-corrected chi connectivity index (χ0v) is 11.6. The van der Waals surface area contributed by atoms with E-state index in [0.29, 0.717) is 13.1 Å². The highest BCUT2D eigenvalue weighted by atomic mass is 16.3. The maximum absolute atomic E-state index is 12.0. The summed E-state index contributed by atoms with van der Waals surface area (Å²) in [5, 5.41) is 12.4. The van der Waals surface area contributed by atoms with E-state index in [4.69, 9.17) is 0 Å². The highest BCUT2D eigenvalue weighted by Crippen LogP contribution is 2.26. The molecule has 1 aliphatic heterocycles. The number of rotatable bonds is 3. The van der Waals surface area contributed by atoms with Gasteiger partial charge in [-0.3, -0.25) is 9.69 Å². The Balaban J connectivity index is 2.27. The molecule has 1 fully saturated rings. The van der Waals surface area contributed by atoms with E-state index in [1.54, 1.807) is 0 Å². The number of carbonyl (C=O) groups excluding carboxylic acids is 1. The standard InChI is InChI=1S/C15H22N2O2/c1-15(2)8-9-16-14(19)13(11-18)17(15)10-12-6-4-3-5-7-12/h3-7,13,18H,8-11H2,1-2H3,(H,16,19). The van der Waals surface area contributed by atoms with Gasteiger partial charge in [-0.25, -0.2) is 0 Å². The summed E-state index contributed by atoms with van der Waals surface area (Å²) in [5.41, 5.74) is 1.03. The molecule has 1 aromatic carbocycles. The minimum Gasteiger partial charge on any atom is -0.394 e. The third-order valence-corrected chi connectivity index (χ3v) is 3.86. The van der Waals surface area contributed by atoms with Crippen molar-refractivity contribution in [3.8, 4) is 0 Å². The number of nitrogens with zero attached hydrogens (tertiary/aromatic N) is 1. The van der Waals surface area contributed by atoms with E-state index >= 15 is 0 Å². The number of hydrogen-bond donors (Lipinski definition) is 2. The van der Waals surface area contributed by atoms with Crippen LogP contribution in [0.1, 0.15) is 25.8 Å². The Labute approximate surface area is 114 Å². The molecule has 1 heterocycles. The minimum atomic E-state index is -0.474. The average molecular weight is 262 g/mol. The second-order valence-corrected chi connectivity index (χ2v) is 5.67. The molecule has 1 amide bonds. The van der Waals surface area contributed by atoms with E-state index < -0.39 is 6.04 Å². The third-order valence-electron chi connectivity index (χ3n) is 3.86. The van der Waals surface area contributed by atoms with E-state index in [0.717, 1.165) is 12.0 Å². The molecule has 0 aliphatic carbocycles. The molecule has 1 atom stereocenters. The SMILES string of the molecule is CC1(C)CCNC(=O)C(CO)N1Cc1ccccc1. The molecule has 0 bridgehead atoms. The first-order valence-electron chi connectivity index (χ1n) is 6.74. The first kappa shape index (κ1) is 14.0. The Kier molecular flexibility index (Phi) is 4.22. The van der Waals surface area contributed by atoms with Crippen LogP contribution in [0.25, 0.3) is 0 Å². The van der Waals surface area contributed by atoms with Gasteiger partial charge in [-0.15, -0.1) is 0 Å². The molecular weight excluding hydrogens is 240 g/mol. The number of aliphatic hydroxyl groups excluding tert-OH is 1. The predicted molar refractivity (Wildman–Crippen MR) is 74.6 cm³/mol. The summed E-state index contributed by atoms with van der Waals surface area (Å²) < 4.78 is 0. The van der Waals surface area contributed by atoms with Crippen LogP contribution in [0.3, 0.4) is 0 Å². The van der Waals surface area contributed by atoms with Crippen LogP contribution in [0.5, 0.6) is 0 Å². The van der Waals surface area contributed by atoms with Crippen molar-refractivity contribution in [1.29, 1.82) is 0 Å². The Morgan fingerprint density at radius 2 is 2.05 bits per heavy atom. The summed E-state index contributed by atoms with van der Waals surface area (Å²) in [4.78, 5) is 14.1. The van der Waals surface area contributed by atoms with E-state index in [2.05, 4.69) is 24.1 Å². The lowest BCUT2D eigenvalue weighted by atomic mass is 9.96. The van der Waals surface area contributed by atoms with Gasteiger partial charge in [0.1, 0.15) is 6.04 Å². The number of amides is 1. The fourth-order valence-corrected chi connectivity index (χ4v) is 2.60. The average Bonchev–Trinajstić information content (AvgIpc) is 2.48. The molecule has 0 aromatic heterocycles. The van der Waals surface area contributed by atoms with Crippen molar-refractivity contribution in [2.45, 2.75) is 38.4 Å². The van der Waals surface area contributed by atoms with Crippen molar-refractivity contribution in [3.05, 3.63) is 35.9 Å². The molecular formula is C15H22N2O2. The second kappa shape index (κ2) is 5.72. The van der Waals surface area contributed by atoms with Crippen LogP contribution >= 0.6 is 0 Å². The van der Waals surface area contributed by atoms with Crippen LogP contribution in [0, 0.1) is 0 Å². The maximum Gasteiger partial charge on any atom is 0.239 e. The molecule has 1 aliphatic rings. The lowest BCUT2D eigenvalue weighted by Crippen LogP contribution is -2.53. The topological polar surface area (TPSA) is 52.6 Å². The van der Waals surface area contributed by atoms with Crippen LogP contribution in [-0.2, 0) is 11.3 Å². The zero-order chi connectivity index (χ0) is 13.9. The lowest BCUT2D eigenvalue weighted by Gasteiger charge is -2.40. The van der Waals surface area contributed by atoms with E-state index in [9.17, 15) is 9.90 Å². The fraction of sp³-hybridized carbons (Fsp3) is 0.533. The van der Waals surface area contributed by atoms with Gasteiger partial charge in [0.15, 0.2) is 0 Å². The normalized spacial score (nSPS) is 23.7. The van der Waals surface area contributed by atoms with Gasteiger partial charge in [0.2, 0.25) is 5.91 Å². The van der Waals surface area contributed by atoms with Gasteiger partial charge in [0.25, 0.3) is 0 Å². The monoisotopic (exact) mass is 262 g/mol. The summed E-state index contributed by atoms with van der Waals surface area (Å²) in [6.07, 6.45) is 0.877. The smallest absolute Gasteiger partial charge is 0.239 e. The van der Waals surface area contributed by atoms with Crippen molar-refractivity contribution in [1.82, 2.24) is 10.2 Å². The van der Waals surface area contributed by atoms with E-state index in [1.165, 1.54) is 0 Å². The van der Waals surface area contributed by atoms with Gasteiger partial charge in [-0.1, -0.05) is 30.3 Å². The van der Waals surface area contributed by atoms with Crippen LogP contribution in [0.15, 0.2) is 30.3 Å². The third kappa shape index (κ3) is 3.14. The number of aliphatic hydroxyl groups is 1. The van der Waals surface area contributed by atoms with E-state index in [1.807, 2.05) is 30.3 Å². The maximum atomic E-state index is 12.0. The minimum absolute atomic E-state index is 0.0796. The van der Waals surface area contributed by atoms with Gasteiger partial charge in [-0.05, 0) is 25.8 Å². The number of hydrogen-bond acceptors (Lipinski definition) is 3. The van der Waals surface area contributed by atoms with Crippen LogP contribution in [0.2, 0.25) is 0 Å². The molecule has 19 heavy (non-hydrogen) atoms. The lowest BCUT2D eigenvalue weighted by molar-refractivity contribution is -0.129. The van der Waals surface area contributed by atoms with Crippen molar-refractivity contribution in [2.75, 3.05) is 13.2 Å². The van der Waals surface area contributed by atoms with Gasteiger partial charge in [0.05, 0.1) is 6.61 Å². The Morgan fingerprint density at radius 3 is 2.68 bits per heavy atom. The summed E-state index contributed by atoms with van der Waals surface area (Å²) in [5.74, 6) is -0.0796. The van der Waals surface area contributed by atoms with Crippen molar-refractivity contribution in [3.63, 3.8) is 0 Å². The van der Waals surface area contributed by atoms with Crippen LogP contribution < -0.4 is 5.32 Å². The molecule has 1 unspecified atom stereocenters. The zero-order valence-electron chi connectivity index (χ0n) is 11.6. The van der Waals surface area contributed by atoms with Gasteiger partial charge in [0, 0.05) is 18.6 Å². The fourth-order valence-electron chi connectivity index (χ4n) is 2.60. The number of nitrogens with one attached hydrogen (secondary N) is 1. The molecule has 0 saturated carbocycles. The quantitative estimate of drug-likeness (QED) is 0.859.